The van der Waals surface area contributed by atoms with Gasteiger partial charge in [-0.05, 0) is 31.0 Å². The van der Waals surface area contributed by atoms with Gasteiger partial charge in [-0.1, -0.05) is 42.4 Å². The van der Waals surface area contributed by atoms with Gasteiger partial charge in [-0.25, -0.2) is 0 Å². The molecule has 92 valence electrons. The zero-order chi connectivity index (χ0) is 12.7. The minimum atomic E-state index is 0.479. The number of nitrogens with two attached hydrogens (primary N) is 1. The van der Waals surface area contributed by atoms with E-state index in [1.165, 1.54) is 11.8 Å². The average Bonchev–Trinajstić information content (AvgIpc) is 2.35. The molecule has 0 atom stereocenters. The molecule has 5 heteroatoms. The lowest BCUT2D eigenvalue weighted by Crippen LogP contribution is -2.06. The van der Waals surface area contributed by atoms with Crippen LogP contribution in [0.2, 0.25) is 5.02 Å². The predicted molar refractivity (Wildman–Crippen MR) is 77.8 cm³/mol. The van der Waals surface area contributed by atoms with Gasteiger partial charge in [-0.2, -0.15) is 5.10 Å². The summed E-state index contributed by atoms with van der Waals surface area (Å²) >= 11 is 7.27. The Hall–Kier alpha value is -1.00. The molecule has 0 aliphatic heterocycles. The van der Waals surface area contributed by atoms with Gasteiger partial charge in [0.1, 0.15) is 0 Å². The molecule has 0 radical (unpaired) electrons. The van der Waals surface area contributed by atoms with Gasteiger partial charge in [0, 0.05) is 16.5 Å². The maximum absolute atomic E-state index is 5.80. The van der Waals surface area contributed by atoms with Crippen molar-refractivity contribution in [3.63, 3.8) is 0 Å². The fraction of sp³-hybridized carbons (Fsp3) is 0.333. The van der Waals surface area contributed by atoms with E-state index in [-0.39, 0.29) is 0 Å². The first kappa shape index (κ1) is 14.1. The van der Waals surface area contributed by atoms with Gasteiger partial charge in [0.25, 0.3) is 0 Å². The molecule has 0 amide bonds. The summed E-state index contributed by atoms with van der Waals surface area (Å²) in [6.07, 6.45) is 0.888. The average molecular weight is 270 g/mol. The second-order valence-electron chi connectivity index (χ2n) is 3.54. The third-order valence-corrected chi connectivity index (χ3v) is 3.24. The molecule has 0 bridgehead atoms. The molecular weight excluding hydrogens is 254 g/mol. The summed E-state index contributed by atoms with van der Waals surface area (Å²) < 4.78 is 0. The van der Waals surface area contributed by atoms with E-state index in [2.05, 4.69) is 10.2 Å². The number of benzene rings is 1. The number of halogens is 1. The van der Waals surface area contributed by atoms with Gasteiger partial charge >= 0.3 is 0 Å². The minimum absolute atomic E-state index is 0.479. The van der Waals surface area contributed by atoms with E-state index in [0.29, 0.717) is 5.17 Å². The first-order valence-corrected chi connectivity index (χ1v) is 6.72. The number of nitrogens with zero attached hydrogens (tertiary/aromatic N) is 2. The summed E-state index contributed by atoms with van der Waals surface area (Å²) in [7, 11) is 0. The Morgan fingerprint density at radius 1 is 1.29 bits per heavy atom. The van der Waals surface area contributed by atoms with Crippen molar-refractivity contribution in [2.45, 2.75) is 26.0 Å². The number of hydrogen-bond acceptors (Lipinski definition) is 3. The van der Waals surface area contributed by atoms with Gasteiger partial charge < -0.3 is 5.73 Å². The van der Waals surface area contributed by atoms with Crippen molar-refractivity contribution in [1.29, 1.82) is 0 Å². The quantitative estimate of drug-likeness (QED) is 0.515. The fourth-order valence-corrected chi connectivity index (χ4v) is 1.70. The maximum atomic E-state index is 5.80. The Balaban J connectivity index is 2.48. The highest BCUT2D eigenvalue weighted by atomic mass is 35.5. The van der Waals surface area contributed by atoms with Crippen LogP contribution in [0.25, 0.3) is 0 Å². The molecule has 0 heterocycles. The maximum Gasteiger partial charge on any atom is 0.180 e. The first-order valence-electron chi connectivity index (χ1n) is 5.35. The van der Waals surface area contributed by atoms with Crippen molar-refractivity contribution in [3.05, 3.63) is 34.9 Å². The summed E-state index contributed by atoms with van der Waals surface area (Å²) in [4.78, 5) is 0. The molecule has 0 aromatic heterocycles. The minimum Gasteiger partial charge on any atom is -0.377 e. The van der Waals surface area contributed by atoms with Gasteiger partial charge in [0.2, 0.25) is 0 Å². The number of amidine groups is 1. The third-order valence-electron chi connectivity index (χ3n) is 2.13. The second kappa shape index (κ2) is 7.35. The summed E-state index contributed by atoms with van der Waals surface area (Å²) in [6.45, 7) is 3.96. The monoisotopic (exact) mass is 269 g/mol. The summed E-state index contributed by atoms with van der Waals surface area (Å²) in [6, 6.07) is 7.68. The van der Waals surface area contributed by atoms with Crippen molar-refractivity contribution in [3.8, 4) is 0 Å². The molecule has 0 spiro atoms. The Morgan fingerprint density at radius 2 is 1.94 bits per heavy atom. The van der Waals surface area contributed by atoms with Crippen molar-refractivity contribution in [1.82, 2.24) is 0 Å². The van der Waals surface area contributed by atoms with E-state index in [4.69, 9.17) is 17.3 Å². The molecule has 17 heavy (non-hydrogen) atoms. The zero-order valence-electron chi connectivity index (χ0n) is 9.98. The lowest BCUT2D eigenvalue weighted by atomic mass is 10.2. The Bertz CT molecular complexity index is 412. The van der Waals surface area contributed by atoms with E-state index in [1.807, 2.05) is 38.1 Å². The molecule has 0 fully saturated rings. The molecule has 0 saturated carbocycles. The van der Waals surface area contributed by atoms with Crippen LogP contribution in [-0.2, 0) is 5.75 Å². The molecule has 1 aromatic carbocycles. The molecule has 0 saturated heterocycles. The molecule has 1 rings (SSSR count). The van der Waals surface area contributed by atoms with Crippen LogP contribution in [0.4, 0.5) is 0 Å². The molecular formula is C12H16ClN3S. The fourth-order valence-electron chi connectivity index (χ4n) is 0.972. The van der Waals surface area contributed by atoms with E-state index < -0.39 is 0 Å². The van der Waals surface area contributed by atoms with Gasteiger partial charge in [0.05, 0.1) is 0 Å². The first-order chi connectivity index (χ1) is 8.11. The smallest absolute Gasteiger partial charge is 0.180 e. The van der Waals surface area contributed by atoms with Gasteiger partial charge in [-0.15, -0.1) is 5.10 Å². The van der Waals surface area contributed by atoms with Gasteiger partial charge in [0.15, 0.2) is 5.17 Å². The number of thioether (sulfide) groups is 1. The summed E-state index contributed by atoms with van der Waals surface area (Å²) in [5, 5.41) is 9.17. The zero-order valence-corrected chi connectivity index (χ0v) is 11.6. The normalized spacial score (nSPS) is 12.9. The number of hydrogen-bond donors (Lipinski definition) is 1. The highest BCUT2D eigenvalue weighted by molar-refractivity contribution is 8.13. The Kier molecular flexibility index (Phi) is 6.08. The highest BCUT2D eigenvalue weighted by Gasteiger charge is 1.97. The molecule has 0 unspecified atom stereocenters. The molecule has 3 nitrogen and oxygen atoms in total. The van der Waals surface area contributed by atoms with Crippen LogP contribution in [0.1, 0.15) is 25.8 Å². The van der Waals surface area contributed by atoms with Crippen LogP contribution < -0.4 is 5.73 Å². The van der Waals surface area contributed by atoms with Crippen LogP contribution in [0.5, 0.6) is 0 Å². The molecule has 0 aliphatic carbocycles. The van der Waals surface area contributed by atoms with Crippen molar-refractivity contribution in [2.75, 3.05) is 0 Å². The van der Waals surface area contributed by atoms with Crippen LogP contribution in [0.15, 0.2) is 34.5 Å². The standard InChI is InChI=1S/C12H16ClN3S/c1-3-9(2)15-16-12(14)17-8-10-4-6-11(13)7-5-10/h4-7H,3,8H2,1-2H3,(H2,14,16). The Labute approximate surface area is 111 Å². The third kappa shape index (κ3) is 5.75. The highest BCUT2D eigenvalue weighted by Crippen LogP contribution is 2.15. The molecule has 2 N–H and O–H groups in total. The predicted octanol–water partition coefficient (Wildman–Crippen LogP) is 3.67. The van der Waals surface area contributed by atoms with E-state index >= 15 is 0 Å². The van der Waals surface area contributed by atoms with Crippen molar-refractivity contribution >= 4 is 34.2 Å². The summed E-state index contributed by atoms with van der Waals surface area (Å²) in [5.74, 6) is 0.771. The van der Waals surface area contributed by atoms with E-state index in [1.54, 1.807) is 0 Å². The SMILES string of the molecule is CCC(C)=N/N=C(\N)SCc1ccc(Cl)cc1. The van der Waals surface area contributed by atoms with Crippen molar-refractivity contribution < 1.29 is 0 Å². The van der Waals surface area contributed by atoms with E-state index in [0.717, 1.165) is 28.5 Å². The largest absolute Gasteiger partial charge is 0.377 e. The van der Waals surface area contributed by atoms with Crippen LogP contribution in [0.3, 0.4) is 0 Å². The van der Waals surface area contributed by atoms with Crippen LogP contribution in [0, 0.1) is 0 Å². The second-order valence-corrected chi connectivity index (χ2v) is 4.97. The lowest BCUT2D eigenvalue weighted by Gasteiger charge is -2.00. The van der Waals surface area contributed by atoms with Crippen LogP contribution >= 0.6 is 23.4 Å². The Morgan fingerprint density at radius 3 is 2.53 bits per heavy atom. The molecule has 1 aromatic rings. The van der Waals surface area contributed by atoms with Crippen LogP contribution in [-0.4, -0.2) is 10.9 Å². The molecule has 0 aliphatic rings. The topological polar surface area (TPSA) is 50.7 Å². The summed E-state index contributed by atoms with van der Waals surface area (Å²) in [5.41, 5.74) is 7.87. The van der Waals surface area contributed by atoms with Crippen molar-refractivity contribution in [2.24, 2.45) is 15.9 Å². The number of rotatable bonds is 4. The lowest BCUT2D eigenvalue weighted by molar-refractivity contribution is 1.16. The van der Waals surface area contributed by atoms with Gasteiger partial charge in [-0.3, -0.25) is 0 Å². The van der Waals surface area contributed by atoms with E-state index in [9.17, 15) is 0 Å².